The number of ether oxygens (including phenoxy) is 1. The third-order valence-electron chi connectivity index (χ3n) is 3.84. The first-order valence-electron chi connectivity index (χ1n) is 7.53. The summed E-state index contributed by atoms with van der Waals surface area (Å²) in [5.74, 6) is -3.72. The monoisotopic (exact) mass is 349 g/mol. The molecule has 1 heterocycles. The Bertz CT molecular complexity index is 870. The van der Waals surface area contributed by atoms with Gasteiger partial charge in [0, 0.05) is 17.3 Å². The van der Waals surface area contributed by atoms with Crippen LogP contribution in [0.5, 0.6) is 0 Å². The minimum Gasteiger partial charge on any atom is -0.451 e. The summed E-state index contributed by atoms with van der Waals surface area (Å²) >= 11 is 0. The number of rotatable bonds is 5. The lowest BCUT2D eigenvalue weighted by Gasteiger charge is -2.12. The number of halogens is 2. The van der Waals surface area contributed by atoms with E-state index in [2.05, 4.69) is 4.98 Å². The minimum absolute atomic E-state index is 0.155. The van der Waals surface area contributed by atoms with Crippen molar-refractivity contribution in [1.29, 1.82) is 0 Å². The molecule has 0 unspecified atom stereocenters. The zero-order chi connectivity index (χ0) is 18.9. The number of hydrogen-bond donors (Lipinski definition) is 1. The standard InChI is InChI=1S/C18H17F2NO4/c1-8-15(10(3)22)9(2)21-16(8)17(23)11(4)25-18(24)13-6-5-12(19)7-14(13)20/h5-7,11,21H,1-4H3/t11-/m0/s1. The summed E-state index contributed by atoms with van der Waals surface area (Å²) < 4.78 is 31.5. The molecule has 0 saturated heterocycles. The van der Waals surface area contributed by atoms with Gasteiger partial charge >= 0.3 is 5.97 Å². The van der Waals surface area contributed by atoms with Crippen LogP contribution in [0, 0.1) is 25.5 Å². The van der Waals surface area contributed by atoms with Gasteiger partial charge in [0.25, 0.3) is 0 Å². The van der Waals surface area contributed by atoms with Gasteiger partial charge in [0.2, 0.25) is 5.78 Å². The summed E-state index contributed by atoms with van der Waals surface area (Å²) in [7, 11) is 0. The molecule has 0 amide bonds. The molecule has 2 aromatic rings. The molecule has 0 radical (unpaired) electrons. The molecule has 1 aromatic carbocycles. The maximum Gasteiger partial charge on any atom is 0.341 e. The van der Waals surface area contributed by atoms with Crippen LogP contribution >= 0.6 is 0 Å². The van der Waals surface area contributed by atoms with Crippen LogP contribution in [0.3, 0.4) is 0 Å². The summed E-state index contributed by atoms with van der Waals surface area (Å²) in [6.45, 7) is 6.00. The summed E-state index contributed by atoms with van der Waals surface area (Å²) in [4.78, 5) is 38.9. The molecule has 1 atom stereocenters. The largest absolute Gasteiger partial charge is 0.451 e. The highest BCUT2D eigenvalue weighted by Gasteiger charge is 2.27. The van der Waals surface area contributed by atoms with E-state index in [1.165, 1.54) is 13.8 Å². The summed E-state index contributed by atoms with van der Waals surface area (Å²) in [6, 6.07) is 2.42. The number of esters is 1. The van der Waals surface area contributed by atoms with Gasteiger partial charge < -0.3 is 9.72 Å². The number of aromatic nitrogens is 1. The van der Waals surface area contributed by atoms with E-state index < -0.39 is 35.1 Å². The van der Waals surface area contributed by atoms with Gasteiger partial charge in [-0.1, -0.05) is 0 Å². The lowest BCUT2D eigenvalue weighted by Crippen LogP contribution is -2.25. The molecule has 132 valence electrons. The minimum atomic E-state index is -1.21. The lowest BCUT2D eigenvalue weighted by molar-refractivity contribution is 0.0312. The first-order chi connectivity index (χ1) is 11.6. The van der Waals surface area contributed by atoms with E-state index >= 15 is 0 Å². The third kappa shape index (κ3) is 3.65. The van der Waals surface area contributed by atoms with Crippen molar-refractivity contribution in [3.05, 3.63) is 57.9 Å². The maximum atomic E-state index is 13.6. The molecule has 1 aromatic heterocycles. The zero-order valence-electron chi connectivity index (χ0n) is 14.2. The SMILES string of the molecule is CC(=O)c1c(C)[nH]c(C(=O)[C@H](C)OC(=O)c2ccc(F)cc2F)c1C. The van der Waals surface area contributed by atoms with Gasteiger partial charge in [-0.3, -0.25) is 9.59 Å². The van der Waals surface area contributed by atoms with Crippen LogP contribution in [0.4, 0.5) is 8.78 Å². The molecule has 25 heavy (non-hydrogen) atoms. The number of H-pyrrole nitrogens is 1. The van der Waals surface area contributed by atoms with Crippen molar-refractivity contribution in [1.82, 2.24) is 4.98 Å². The molecular weight excluding hydrogens is 332 g/mol. The number of ketones is 2. The summed E-state index contributed by atoms with van der Waals surface area (Å²) in [5, 5.41) is 0. The number of hydrogen-bond acceptors (Lipinski definition) is 4. The second-order valence-corrected chi connectivity index (χ2v) is 5.72. The Morgan fingerprint density at radius 1 is 1.16 bits per heavy atom. The molecule has 0 fully saturated rings. The molecule has 2 rings (SSSR count). The fourth-order valence-electron chi connectivity index (χ4n) is 2.66. The van der Waals surface area contributed by atoms with Crippen LogP contribution in [0.2, 0.25) is 0 Å². The number of Topliss-reactive ketones (excluding diaryl/α,β-unsaturated/α-hetero) is 2. The Morgan fingerprint density at radius 3 is 2.32 bits per heavy atom. The van der Waals surface area contributed by atoms with E-state index in [9.17, 15) is 23.2 Å². The average molecular weight is 349 g/mol. The average Bonchev–Trinajstić information content (AvgIpc) is 2.80. The van der Waals surface area contributed by atoms with Crippen LogP contribution in [-0.2, 0) is 4.74 Å². The normalized spacial score (nSPS) is 11.9. The van der Waals surface area contributed by atoms with Gasteiger partial charge in [-0.25, -0.2) is 13.6 Å². The molecular formula is C18H17F2NO4. The predicted octanol–water partition coefficient (Wildman–Crippen LogP) is 3.54. The van der Waals surface area contributed by atoms with Gasteiger partial charge in [-0.15, -0.1) is 0 Å². The number of carbonyl (C=O) groups excluding carboxylic acids is 3. The number of aromatic amines is 1. The highest BCUT2D eigenvalue weighted by molar-refractivity contribution is 6.05. The van der Waals surface area contributed by atoms with E-state index in [0.717, 1.165) is 12.1 Å². The first kappa shape index (κ1) is 18.5. The number of benzene rings is 1. The summed E-state index contributed by atoms with van der Waals surface area (Å²) in [5.41, 5.74) is 1.10. The number of nitrogens with one attached hydrogen (secondary N) is 1. The van der Waals surface area contributed by atoms with Crippen molar-refractivity contribution in [2.75, 3.05) is 0 Å². The van der Waals surface area contributed by atoms with E-state index in [4.69, 9.17) is 4.74 Å². The Hall–Kier alpha value is -2.83. The quantitative estimate of drug-likeness (QED) is 0.662. The highest BCUT2D eigenvalue weighted by Crippen LogP contribution is 2.21. The van der Waals surface area contributed by atoms with Gasteiger partial charge in [-0.05, 0) is 45.4 Å². The van der Waals surface area contributed by atoms with Gasteiger partial charge in [-0.2, -0.15) is 0 Å². The Kier molecular flexibility index (Phi) is 5.15. The van der Waals surface area contributed by atoms with Crippen molar-refractivity contribution in [2.45, 2.75) is 33.8 Å². The van der Waals surface area contributed by atoms with Crippen LogP contribution in [0.1, 0.15) is 56.3 Å². The number of carbonyl (C=O) groups is 3. The van der Waals surface area contributed by atoms with Crippen LogP contribution in [0.25, 0.3) is 0 Å². The Labute approximate surface area is 143 Å². The van der Waals surface area contributed by atoms with Gasteiger partial charge in [0.15, 0.2) is 11.9 Å². The molecule has 0 saturated carbocycles. The topological polar surface area (TPSA) is 76.2 Å². The van der Waals surface area contributed by atoms with Gasteiger partial charge in [0.05, 0.1) is 11.3 Å². The fraction of sp³-hybridized carbons (Fsp3) is 0.278. The van der Waals surface area contributed by atoms with E-state index in [0.29, 0.717) is 22.9 Å². The summed E-state index contributed by atoms with van der Waals surface area (Å²) in [6.07, 6.45) is -1.21. The van der Waals surface area contributed by atoms with Crippen molar-refractivity contribution in [3.8, 4) is 0 Å². The van der Waals surface area contributed by atoms with Crippen molar-refractivity contribution in [3.63, 3.8) is 0 Å². The van der Waals surface area contributed by atoms with Crippen LogP contribution in [-0.4, -0.2) is 28.6 Å². The fourth-order valence-corrected chi connectivity index (χ4v) is 2.66. The molecule has 0 aliphatic rings. The first-order valence-corrected chi connectivity index (χ1v) is 7.53. The molecule has 0 aliphatic carbocycles. The second-order valence-electron chi connectivity index (χ2n) is 5.72. The molecule has 1 N–H and O–H groups in total. The zero-order valence-corrected chi connectivity index (χ0v) is 14.2. The van der Waals surface area contributed by atoms with Crippen molar-refractivity contribution >= 4 is 17.5 Å². The number of aryl methyl sites for hydroxylation is 1. The van der Waals surface area contributed by atoms with E-state index in [1.54, 1.807) is 13.8 Å². The molecule has 7 heteroatoms. The molecule has 0 aliphatic heterocycles. The van der Waals surface area contributed by atoms with Gasteiger partial charge in [0.1, 0.15) is 11.6 Å². The van der Waals surface area contributed by atoms with Crippen LogP contribution < -0.4 is 0 Å². The second kappa shape index (κ2) is 6.96. The smallest absolute Gasteiger partial charge is 0.341 e. The third-order valence-corrected chi connectivity index (χ3v) is 3.84. The van der Waals surface area contributed by atoms with Crippen molar-refractivity contribution in [2.24, 2.45) is 0 Å². The van der Waals surface area contributed by atoms with Crippen molar-refractivity contribution < 1.29 is 27.9 Å². The van der Waals surface area contributed by atoms with E-state index in [-0.39, 0.29) is 11.5 Å². The van der Waals surface area contributed by atoms with E-state index in [1.807, 2.05) is 0 Å². The molecule has 0 spiro atoms. The van der Waals surface area contributed by atoms with Crippen LogP contribution in [0.15, 0.2) is 18.2 Å². The maximum absolute atomic E-state index is 13.6. The predicted molar refractivity (Wildman–Crippen MR) is 85.8 cm³/mol. The molecule has 5 nitrogen and oxygen atoms in total. The Balaban J connectivity index is 2.22. The lowest BCUT2D eigenvalue weighted by atomic mass is 10.0. The Morgan fingerprint density at radius 2 is 1.80 bits per heavy atom. The molecule has 0 bridgehead atoms. The highest BCUT2D eigenvalue weighted by atomic mass is 19.1.